The zero-order valence-electron chi connectivity index (χ0n) is 6.17. The third-order valence-corrected chi connectivity index (χ3v) is 1.74. The zero-order chi connectivity index (χ0) is 7.40. The molecule has 0 N–H and O–H groups in total. The minimum Gasteiger partial charge on any atom is -0.179 e. The van der Waals surface area contributed by atoms with Crippen molar-refractivity contribution >= 4 is 25.9 Å². The number of hydrogen-bond donors (Lipinski definition) is 1. The van der Waals surface area contributed by atoms with Gasteiger partial charge in [0, 0.05) is 0 Å². The summed E-state index contributed by atoms with van der Waals surface area (Å²) < 4.78 is 0. The SMILES string of the molecule is Bc1ccc(CCS)cc1. The summed E-state index contributed by atoms with van der Waals surface area (Å²) in [7, 11) is 2.10. The van der Waals surface area contributed by atoms with E-state index in [4.69, 9.17) is 0 Å². The van der Waals surface area contributed by atoms with Gasteiger partial charge in [0.15, 0.2) is 0 Å². The number of thiol groups is 1. The molecule has 0 unspecified atom stereocenters. The van der Waals surface area contributed by atoms with E-state index in [-0.39, 0.29) is 0 Å². The highest BCUT2D eigenvalue weighted by Gasteiger charge is 1.88. The van der Waals surface area contributed by atoms with Gasteiger partial charge in [-0.3, -0.25) is 0 Å². The van der Waals surface area contributed by atoms with E-state index in [1.807, 2.05) is 0 Å². The van der Waals surface area contributed by atoms with Crippen LogP contribution in [0, 0.1) is 0 Å². The van der Waals surface area contributed by atoms with E-state index >= 15 is 0 Å². The molecule has 0 aliphatic rings. The first-order valence-corrected chi connectivity index (χ1v) is 4.12. The normalized spacial score (nSPS) is 9.70. The largest absolute Gasteiger partial charge is 0.179 e. The van der Waals surface area contributed by atoms with Gasteiger partial charge in [-0.05, 0) is 17.7 Å². The maximum atomic E-state index is 4.16. The van der Waals surface area contributed by atoms with E-state index in [0.29, 0.717) is 0 Å². The molecule has 0 aromatic heterocycles. The minimum atomic E-state index is 0.934. The molecule has 0 aliphatic heterocycles. The molecule has 0 radical (unpaired) electrons. The molecule has 0 saturated carbocycles. The molecule has 0 atom stereocenters. The lowest BCUT2D eigenvalue weighted by atomic mass is 9.95. The Balaban J connectivity index is 2.69. The van der Waals surface area contributed by atoms with Crippen LogP contribution in [-0.2, 0) is 6.42 Å². The van der Waals surface area contributed by atoms with Crippen molar-refractivity contribution < 1.29 is 0 Å². The summed E-state index contributed by atoms with van der Waals surface area (Å²) in [5.74, 6) is 0.934. The number of benzene rings is 1. The molecular weight excluding hydrogens is 139 g/mol. The molecule has 10 heavy (non-hydrogen) atoms. The van der Waals surface area contributed by atoms with Crippen LogP contribution in [0.3, 0.4) is 0 Å². The first kappa shape index (κ1) is 7.74. The smallest absolute Gasteiger partial charge is 0.139 e. The molecule has 1 aromatic rings. The maximum Gasteiger partial charge on any atom is 0.139 e. The van der Waals surface area contributed by atoms with Gasteiger partial charge in [-0.2, -0.15) is 12.6 Å². The van der Waals surface area contributed by atoms with Gasteiger partial charge < -0.3 is 0 Å². The Hall–Kier alpha value is -0.365. The Labute approximate surface area is 68.5 Å². The molecule has 0 aliphatic carbocycles. The van der Waals surface area contributed by atoms with Gasteiger partial charge in [-0.15, -0.1) is 0 Å². The van der Waals surface area contributed by atoms with Crippen LogP contribution in [0.2, 0.25) is 0 Å². The van der Waals surface area contributed by atoms with Gasteiger partial charge in [-0.1, -0.05) is 29.7 Å². The Morgan fingerprint density at radius 2 is 1.80 bits per heavy atom. The molecule has 0 heterocycles. The van der Waals surface area contributed by atoms with E-state index in [1.54, 1.807) is 0 Å². The molecule has 0 amide bonds. The summed E-state index contributed by atoms with van der Waals surface area (Å²) in [6.45, 7) is 0. The lowest BCUT2D eigenvalue weighted by Gasteiger charge is -1.97. The molecule has 0 nitrogen and oxygen atoms in total. The highest BCUT2D eigenvalue weighted by Crippen LogP contribution is 1.97. The molecule has 0 fully saturated rings. The summed E-state index contributed by atoms with van der Waals surface area (Å²) in [4.78, 5) is 0. The van der Waals surface area contributed by atoms with Crippen molar-refractivity contribution in [2.24, 2.45) is 0 Å². The summed E-state index contributed by atoms with van der Waals surface area (Å²) in [5, 5.41) is 0. The third-order valence-electron chi connectivity index (χ3n) is 1.52. The summed E-state index contributed by atoms with van der Waals surface area (Å²) in [6, 6.07) is 8.59. The summed E-state index contributed by atoms with van der Waals surface area (Å²) >= 11 is 4.16. The van der Waals surface area contributed by atoms with Crippen molar-refractivity contribution in [3.8, 4) is 0 Å². The van der Waals surface area contributed by atoms with Gasteiger partial charge in [-0.25, -0.2) is 0 Å². The molecule has 0 saturated heterocycles. The highest BCUT2D eigenvalue weighted by molar-refractivity contribution is 7.80. The predicted octanol–water partition coefficient (Wildman–Crippen LogP) is 0.417. The van der Waals surface area contributed by atoms with Gasteiger partial charge in [0.05, 0.1) is 0 Å². The van der Waals surface area contributed by atoms with Gasteiger partial charge in [0.2, 0.25) is 0 Å². The Kier molecular flexibility index (Phi) is 2.88. The predicted molar refractivity (Wildman–Crippen MR) is 52.2 cm³/mol. The van der Waals surface area contributed by atoms with Crippen molar-refractivity contribution in [3.05, 3.63) is 29.8 Å². The maximum absolute atomic E-state index is 4.16. The van der Waals surface area contributed by atoms with Crippen molar-refractivity contribution in [1.82, 2.24) is 0 Å². The molecule has 52 valence electrons. The van der Waals surface area contributed by atoms with Gasteiger partial charge in [0.25, 0.3) is 0 Å². The Morgan fingerprint density at radius 1 is 1.20 bits per heavy atom. The number of rotatable bonds is 2. The molecule has 0 spiro atoms. The monoisotopic (exact) mass is 150 g/mol. The quantitative estimate of drug-likeness (QED) is 0.458. The second-order valence-electron chi connectivity index (χ2n) is 2.46. The second-order valence-corrected chi connectivity index (χ2v) is 2.91. The van der Waals surface area contributed by atoms with E-state index < -0.39 is 0 Å². The van der Waals surface area contributed by atoms with E-state index in [1.165, 1.54) is 11.0 Å². The van der Waals surface area contributed by atoms with Gasteiger partial charge >= 0.3 is 0 Å². The standard InChI is InChI=1S/C8H11BS/c9-8-3-1-7(2-4-8)5-6-10/h1-4,10H,5-6,9H2. The van der Waals surface area contributed by atoms with E-state index in [0.717, 1.165) is 12.2 Å². The Morgan fingerprint density at radius 3 is 2.30 bits per heavy atom. The first-order chi connectivity index (χ1) is 4.83. The fraction of sp³-hybridized carbons (Fsp3) is 0.250. The van der Waals surface area contributed by atoms with Crippen LogP contribution >= 0.6 is 12.6 Å². The lowest BCUT2D eigenvalue weighted by molar-refractivity contribution is 1.17. The van der Waals surface area contributed by atoms with Crippen molar-refractivity contribution in [3.63, 3.8) is 0 Å². The molecule has 1 aromatic carbocycles. The first-order valence-electron chi connectivity index (χ1n) is 3.49. The fourth-order valence-electron chi connectivity index (χ4n) is 0.884. The molecular formula is C8H11BS. The van der Waals surface area contributed by atoms with Gasteiger partial charge in [0.1, 0.15) is 7.85 Å². The van der Waals surface area contributed by atoms with Crippen LogP contribution in [0.25, 0.3) is 0 Å². The van der Waals surface area contributed by atoms with Crippen LogP contribution < -0.4 is 5.46 Å². The topological polar surface area (TPSA) is 0 Å². The average molecular weight is 150 g/mol. The average Bonchev–Trinajstić information content (AvgIpc) is 1.95. The number of aryl methyl sites for hydroxylation is 1. The third kappa shape index (κ3) is 2.11. The fourth-order valence-corrected chi connectivity index (χ4v) is 1.14. The molecule has 0 bridgehead atoms. The van der Waals surface area contributed by atoms with Crippen LogP contribution in [0.1, 0.15) is 5.56 Å². The van der Waals surface area contributed by atoms with Crippen molar-refractivity contribution in [1.29, 1.82) is 0 Å². The van der Waals surface area contributed by atoms with E-state index in [2.05, 4.69) is 44.7 Å². The van der Waals surface area contributed by atoms with Crippen molar-refractivity contribution in [2.75, 3.05) is 5.75 Å². The molecule has 2 heteroatoms. The summed E-state index contributed by atoms with van der Waals surface area (Å²) in [6.07, 6.45) is 1.07. The van der Waals surface area contributed by atoms with Crippen LogP contribution in [0.5, 0.6) is 0 Å². The number of hydrogen-bond acceptors (Lipinski definition) is 1. The van der Waals surface area contributed by atoms with Crippen LogP contribution in [0.4, 0.5) is 0 Å². The minimum absolute atomic E-state index is 0.934. The van der Waals surface area contributed by atoms with Crippen molar-refractivity contribution in [2.45, 2.75) is 6.42 Å². The Bertz CT molecular complexity index is 193. The zero-order valence-corrected chi connectivity index (χ0v) is 7.07. The van der Waals surface area contributed by atoms with Crippen LogP contribution in [-0.4, -0.2) is 13.6 Å². The summed E-state index contributed by atoms with van der Waals surface area (Å²) in [5.41, 5.74) is 2.70. The van der Waals surface area contributed by atoms with Crippen LogP contribution in [0.15, 0.2) is 24.3 Å². The molecule has 1 rings (SSSR count). The lowest BCUT2D eigenvalue weighted by Crippen LogP contribution is -2.00. The van der Waals surface area contributed by atoms with E-state index in [9.17, 15) is 0 Å². The highest BCUT2D eigenvalue weighted by atomic mass is 32.1. The second kappa shape index (κ2) is 3.72.